The van der Waals surface area contributed by atoms with Crippen molar-refractivity contribution in [3.63, 3.8) is 0 Å². The monoisotopic (exact) mass is 281 g/mol. The van der Waals surface area contributed by atoms with E-state index in [0.717, 1.165) is 22.2 Å². The van der Waals surface area contributed by atoms with E-state index in [1.807, 2.05) is 65.2 Å². The van der Waals surface area contributed by atoms with Gasteiger partial charge in [-0.2, -0.15) is 0 Å². The highest BCUT2D eigenvalue weighted by Gasteiger charge is 2.29. The van der Waals surface area contributed by atoms with Crippen molar-refractivity contribution in [2.75, 3.05) is 6.61 Å². The first-order valence-corrected chi connectivity index (χ1v) is 7.12. The number of fused-ring (bicyclic) bond motifs is 1. The number of hydrogen-bond donors (Lipinski definition) is 2. The van der Waals surface area contributed by atoms with E-state index in [0.29, 0.717) is 6.54 Å². The minimum absolute atomic E-state index is 0.0382. The van der Waals surface area contributed by atoms with E-state index in [9.17, 15) is 10.2 Å². The summed E-state index contributed by atoms with van der Waals surface area (Å²) in [6, 6.07) is 19.6. The summed E-state index contributed by atoms with van der Waals surface area (Å²) in [5.41, 5.74) is 1.56. The van der Waals surface area contributed by atoms with Crippen molar-refractivity contribution >= 4 is 10.9 Å². The average Bonchev–Trinajstić information content (AvgIpc) is 2.88. The molecule has 0 bridgehead atoms. The summed E-state index contributed by atoms with van der Waals surface area (Å²) >= 11 is 0. The van der Waals surface area contributed by atoms with Crippen molar-refractivity contribution < 1.29 is 10.2 Å². The first-order chi connectivity index (χ1) is 10.1. The molecule has 1 heterocycles. The topological polar surface area (TPSA) is 45.4 Å². The van der Waals surface area contributed by atoms with Gasteiger partial charge < -0.3 is 14.8 Å². The molecular formula is C18H19NO2. The van der Waals surface area contributed by atoms with Crippen molar-refractivity contribution in [2.45, 2.75) is 19.1 Å². The quantitative estimate of drug-likeness (QED) is 0.772. The Bertz CT molecular complexity index is 744. The Balaban J connectivity index is 2.21. The molecule has 1 aromatic heterocycles. The van der Waals surface area contributed by atoms with Crippen LogP contribution in [-0.4, -0.2) is 21.4 Å². The fraction of sp³-hybridized carbons (Fsp3) is 0.222. The molecule has 0 radical (unpaired) electrons. The molecule has 3 nitrogen and oxygen atoms in total. The van der Waals surface area contributed by atoms with Gasteiger partial charge in [-0.05, 0) is 30.0 Å². The SMILES string of the molecule is CC(O)(c1ccccc1)c1cc2ccccc2n1CCO. The van der Waals surface area contributed by atoms with E-state index in [1.165, 1.54) is 0 Å². The second-order valence-corrected chi connectivity index (χ2v) is 5.40. The summed E-state index contributed by atoms with van der Waals surface area (Å²) < 4.78 is 1.99. The second-order valence-electron chi connectivity index (χ2n) is 5.40. The number of benzene rings is 2. The van der Waals surface area contributed by atoms with Crippen LogP contribution in [0.15, 0.2) is 60.7 Å². The molecule has 0 fully saturated rings. The van der Waals surface area contributed by atoms with Gasteiger partial charge in [0.05, 0.1) is 12.3 Å². The zero-order valence-corrected chi connectivity index (χ0v) is 12.0. The second kappa shape index (κ2) is 5.35. The smallest absolute Gasteiger partial charge is 0.127 e. The maximum Gasteiger partial charge on any atom is 0.127 e. The van der Waals surface area contributed by atoms with Crippen LogP contribution in [0.3, 0.4) is 0 Å². The van der Waals surface area contributed by atoms with Gasteiger partial charge >= 0.3 is 0 Å². The highest BCUT2D eigenvalue weighted by molar-refractivity contribution is 5.81. The minimum atomic E-state index is -1.10. The van der Waals surface area contributed by atoms with Crippen LogP contribution in [0.1, 0.15) is 18.2 Å². The van der Waals surface area contributed by atoms with Crippen LogP contribution >= 0.6 is 0 Å². The van der Waals surface area contributed by atoms with Crippen LogP contribution in [0.5, 0.6) is 0 Å². The van der Waals surface area contributed by atoms with Crippen LogP contribution in [0.4, 0.5) is 0 Å². The fourth-order valence-electron chi connectivity index (χ4n) is 2.87. The summed E-state index contributed by atoms with van der Waals surface area (Å²) in [6.07, 6.45) is 0. The molecule has 0 saturated carbocycles. The summed E-state index contributed by atoms with van der Waals surface area (Å²) in [5.74, 6) is 0. The lowest BCUT2D eigenvalue weighted by molar-refractivity contribution is 0.0923. The van der Waals surface area contributed by atoms with Crippen LogP contribution < -0.4 is 0 Å². The highest BCUT2D eigenvalue weighted by atomic mass is 16.3. The lowest BCUT2D eigenvalue weighted by Crippen LogP contribution is -2.27. The third-order valence-corrected chi connectivity index (χ3v) is 3.97. The Morgan fingerprint density at radius 3 is 2.38 bits per heavy atom. The van der Waals surface area contributed by atoms with Crippen LogP contribution in [0, 0.1) is 0 Å². The van der Waals surface area contributed by atoms with Gasteiger partial charge in [-0.3, -0.25) is 0 Å². The van der Waals surface area contributed by atoms with Crippen molar-refractivity contribution in [1.29, 1.82) is 0 Å². The molecule has 2 N–H and O–H groups in total. The van der Waals surface area contributed by atoms with Gasteiger partial charge in [0.2, 0.25) is 0 Å². The van der Waals surface area contributed by atoms with E-state index in [2.05, 4.69) is 0 Å². The first-order valence-electron chi connectivity index (χ1n) is 7.12. The fourth-order valence-corrected chi connectivity index (χ4v) is 2.87. The summed E-state index contributed by atoms with van der Waals surface area (Å²) in [4.78, 5) is 0. The van der Waals surface area contributed by atoms with Crippen LogP contribution in [-0.2, 0) is 12.1 Å². The first kappa shape index (κ1) is 13.9. The largest absolute Gasteiger partial charge is 0.395 e. The molecule has 0 amide bonds. The van der Waals surface area contributed by atoms with Crippen molar-refractivity contribution in [3.8, 4) is 0 Å². The Hall–Kier alpha value is -2.10. The van der Waals surface area contributed by atoms with E-state index in [-0.39, 0.29) is 6.61 Å². The minimum Gasteiger partial charge on any atom is -0.395 e. The molecule has 3 heteroatoms. The number of nitrogens with zero attached hydrogens (tertiary/aromatic N) is 1. The van der Waals surface area contributed by atoms with Gasteiger partial charge in [-0.1, -0.05) is 48.5 Å². The molecule has 3 aromatic rings. The van der Waals surface area contributed by atoms with Gasteiger partial charge in [-0.25, -0.2) is 0 Å². The maximum atomic E-state index is 11.1. The number of aliphatic hydroxyl groups is 2. The predicted molar refractivity (Wildman–Crippen MR) is 84.1 cm³/mol. The van der Waals surface area contributed by atoms with Crippen molar-refractivity contribution in [3.05, 3.63) is 71.9 Å². The van der Waals surface area contributed by atoms with Gasteiger partial charge in [0.15, 0.2) is 0 Å². The predicted octanol–water partition coefficient (Wildman–Crippen LogP) is 2.89. The zero-order valence-electron chi connectivity index (χ0n) is 12.0. The molecular weight excluding hydrogens is 262 g/mol. The average molecular weight is 281 g/mol. The molecule has 108 valence electrons. The van der Waals surface area contributed by atoms with Crippen LogP contribution in [0.25, 0.3) is 10.9 Å². The van der Waals surface area contributed by atoms with E-state index in [4.69, 9.17) is 0 Å². The number of hydrogen-bond acceptors (Lipinski definition) is 2. The molecule has 0 aliphatic carbocycles. The van der Waals surface area contributed by atoms with Gasteiger partial charge in [0.1, 0.15) is 5.60 Å². The van der Waals surface area contributed by atoms with Gasteiger partial charge in [0.25, 0.3) is 0 Å². The molecule has 21 heavy (non-hydrogen) atoms. The molecule has 1 unspecified atom stereocenters. The summed E-state index contributed by atoms with van der Waals surface area (Å²) in [7, 11) is 0. The molecule has 2 aromatic carbocycles. The third kappa shape index (κ3) is 2.35. The number of rotatable bonds is 4. The normalized spacial score (nSPS) is 14.2. The van der Waals surface area contributed by atoms with Crippen molar-refractivity contribution in [1.82, 2.24) is 4.57 Å². The Morgan fingerprint density at radius 1 is 1.00 bits per heavy atom. The van der Waals surface area contributed by atoms with E-state index >= 15 is 0 Å². The van der Waals surface area contributed by atoms with Gasteiger partial charge in [-0.15, -0.1) is 0 Å². The lowest BCUT2D eigenvalue weighted by atomic mass is 9.92. The van der Waals surface area contributed by atoms with E-state index < -0.39 is 5.60 Å². The molecule has 0 saturated heterocycles. The molecule has 0 spiro atoms. The Kier molecular flexibility index (Phi) is 3.53. The highest BCUT2D eigenvalue weighted by Crippen LogP contribution is 2.33. The third-order valence-electron chi connectivity index (χ3n) is 3.97. The molecule has 0 aliphatic rings. The zero-order chi connectivity index (χ0) is 14.9. The van der Waals surface area contributed by atoms with Crippen molar-refractivity contribution in [2.24, 2.45) is 0 Å². The molecule has 1 atom stereocenters. The van der Waals surface area contributed by atoms with E-state index in [1.54, 1.807) is 6.92 Å². The molecule has 3 rings (SSSR count). The standard InChI is InChI=1S/C18H19NO2/c1-18(21,15-8-3-2-4-9-15)17-13-14-7-5-6-10-16(14)19(17)11-12-20/h2-10,13,20-21H,11-12H2,1H3. The Labute approximate surface area is 124 Å². The lowest BCUT2D eigenvalue weighted by Gasteiger charge is -2.26. The maximum absolute atomic E-state index is 11.1. The molecule has 0 aliphatic heterocycles. The number of aromatic nitrogens is 1. The number of aliphatic hydroxyl groups excluding tert-OH is 1. The van der Waals surface area contributed by atoms with Crippen LogP contribution in [0.2, 0.25) is 0 Å². The Morgan fingerprint density at radius 2 is 1.67 bits per heavy atom. The summed E-state index contributed by atoms with van der Waals surface area (Å²) in [5, 5.41) is 21.5. The van der Waals surface area contributed by atoms with Gasteiger partial charge in [0, 0.05) is 12.1 Å². The number of para-hydroxylation sites is 1. The summed E-state index contributed by atoms with van der Waals surface area (Å²) in [6.45, 7) is 2.30.